The average molecular weight is 424 g/mol. The Morgan fingerprint density at radius 1 is 1.22 bits per heavy atom. The first-order chi connectivity index (χ1) is 12.7. The molecule has 1 aromatic heterocycles. The number of hydrogen-bond acceptors (Lipinski definition) is 5. The van der Waals surface area contributed by atoms with Crippen LogP contribution >= 0.6 is 22.9 Å². The quantitative estimate of drug-likeness (QED) is 0.625. The molecule has 0 radical (unpaired) electrons. The van der Waals surface area contributed by atoms with Gasteiger partial charge in [-0.15, -0.1) is 0 Å². The van der Waals surface area contributed by atoms with E-state index in [1.54, 1.807) is 51.1 Å². The van der Waals surface area contributed by atoms with Gasteiger partial charge in [-0.1, -0.05) is 42.9 Å². The number of nitrogens with one attached hydrogen (secondary N) is 2. The van der Waals surface area contributed by atoms with Gasteiger partial charge in [-0.25, -0.2) is 13.4 Å². The number of sulfonamides is 1. The summed E-state index contributed by atoms with van der Waals surface area (Å²) in [6.45, 7) is 5.25. The highest BCUT2D eigenvalue weighted by Gasteiger charge is 2.19. The van der Waals surface area contributed by atoms with Crippen molar-refractivity contribution in [3.05, 3.63) is 47.0 Å². The highest BCUT2D eigenvalue weighted by Crippen LogP contribution is 2.30. The van der Waals surface area contributed by atoms with E-state index in [-0.39, 0.29) is 16.7 Å². The lowest BCUT2D eigenvalue weighted by atomic mass is 10.2. The van der Waals surface area contributed by atoms with E-state index in [1.807, 2.05) is 0 Å². The van der Waals surface area contributed by atoms with Crippen LogP contribution in [0, 0.1) is 12.8 Å². The number of amides is 1. The second-order valence-corrected chi connectivity index (χ2v) is 9.40. The zero-order valence-corrected chi connectivity index (χ0v) is 17.3. The number of aromatic nitrogens is 1. The SMILES string of the molecule is Cc1c(Cl)cccc1S(=O)(=O)Nc1ccc2sc(NC(=O)C(C)C)nc2c1. The number of hydrogen-bond donors (Lipinski definition) is 2. The summed E-state index contributed by atoms with van der Waals surface area (Å²) in [5.74, 6) is -0.272. The summed E-state index contributed by atoms with van der Waals surface area (Å²) in [6, 6.07) is 9.80. The molecule has 9 heteroatoms. The first-order valence-corrected chi connectivity index (χ1v) is 10.8. The fraction of sp³-hybridized carbons (Fsp3) is 0.222. The van der Waals surface area contributed by atoms with Crippen molar-refractivity contribution >= 4 is 59.9 Å². The summed E-state index contributed by atoms with van der Waals surface area (Å²) < 4.78 is 28.8. The summed E-state index contributed by atoms with van der Waals surface area (Å²) in [7, 11) is -3.79. The van der Waals surface area contributed by atoms with Crippen molar-refractivity contribution in [2.75, 3.05) is 10.0 Å². The van der Waals surface area contributed by atoms with E-state index in [0.717, 1.165) is 4.70 Å². The van der Waals surface area contributed by atoms with E-state index in [9.17, 15) is 13.2 Å². The van der Waals surface area contributed by atoms with Crippen molar-refractivity contribution < 1.29 is 13.2 Å². The van der Waals surface area contributed by atoms with E-state index < -0.39 is 10.0 Å². The number of benzene rings is 2. The van der Waals surface area contributed by atoms with Crippen LogP contribution in [0.2, 0.25) is 5.02 Å². The van der Waals surface area contributed by atoms with Crippen LogP contribution in [0.4, 0.5) is 10.8 Å². The van der Waals surface area contributed by atoms with Gasteiger partial charge in [0.05, 0.1) is 20.8 Å². The van der Waals surface area contributed by atoms with Crippen LogP contribution in [0.1, 0.15) is 19.4 Å². The van der Waals surface area contributed by atoms with Gasteiger partial charge in [-0.2, -0.15) is 0 Å². The first-order valence-electron chi connectivity index (χ1n) is 8.17. The molecule has 0 saturated heterocycles. The normalized spacial score (nSPS) is 11.7. The summed E-state index contributed by atoms with van der Waals surface area (Å²) >= 11 is 7.36. The molecule has 1 amide bonds. The van der Waals surface area contributed by atoms with Crippen LogP contribution in [-0.2, 0) is 14.8 Å². The maximum Gasteiger partial charge on any atom is 0.262 e. The molecule has 3 aromatic rings. The molecule has 6 nitrogen and oxygen atoms in total. The minimum atomic E-state index is -3.79. The topological polar surface area (TPSA) is 88.2 Å². The molecule has 0 bridgehead atoms. The first kappa shape index (κ1) is 19.6. The number of carbonyl (C=O) groups excluding carboxylic acids is 1. The third-order valence-electron chi connectivity index (χ3n) is 3.90. The van der Waals surface area contributed by atoms with E-state index in [2.05, 4.69) is 15.0 Å². The van der Waals surface area contributed by atoms with Gasteiger partial charge >= 0.3 is 0 Å². The minimum absolute atomic E-state index is 0.119. The Balaban J connectivity index is 1.89. The zero-order valence-electron chi connectivity index (χ0n) is 14.9. The van der Waals surface area contributed by atoms with Crippen molar-refractivity contribution in [3.63, 3.8) is 0 Å². The fourth-order valence-corrected chi connectivity index (χ4v) is 4.78. The lowest BCUT2D eigenvalue weighted by molar-refractivity contribution is -0.118. The van der Waals surface area contributed by atoms with Crippen molar-refractivity contribution in [2.24, 2.45) is 5.92 Å². The number of fused-ring (bicyclic) bond motifs is 1. The zero-order chi connectivity index (χ0) is 19.8. The molecule has 0 fully saturated rings. The van der Waals surface area contributed by atoms with E-state index in [0.29, 0.717) is 26.9 Å². The molecule has 0 saturated carbocycles. The van der Waals surface area contributed by atoms with Crippen molar-refractivity contribution in [1.82, 2.24) is 4.98 Å². The van der Waals surface area contributed by atoms with Crippen molar-refractivity contribution in [1.29, 1.82) is 0 Å². The maximum atomic E-state index is 12.7. The fourth-order valence-electron chi connectivity index (χ4n) is 2.38. The Morgan fingerprint density at radius 2 is 1.96 bits per heavy atom. The second kappa shape index (κ2) is 7.46. The lowest BCUT2D eigenvalue weighted by Crippen LogP contribution is -2.17. The number of nitrogens with zero attached hydrogens (tertiary/aromatic N) is 1. The summed E-state index contributed by atoms with van der Waals surface area (Å²) in [5.41, 5.74) is 1.47. The third-order valence-corrected chi connectivity index (χ3v) is 6.79. The molecule has 2 N–H and O–H groups in total. The van der Waals surface area contributed by atoms with Crippen LogP contribution in [0.15, 0.2) is 41.3 Å². The average Bonchev–Trinajstić information content (AvgIpc) is 2.98. The molecule has 142 valence electrons. The molecule has 0 aliphatic heterocycles. The van der Waals surface area contributed by atoms with Gasteiger partial charge in [0, 0.05) is 10.9 Å². The third kappa shape index (κ3) is 4.23. The molecular formula is C18H18ClN3O3S2. The lowest BCUT2D eigenvalue weighted by Gasteiger charge is -2.11. The molecule has 2 aromatic carbocycles. The van der Waals surface area contributed by atoms with Crippen LogP contribution < -0.4 is 10.0 Å². The van der Waals surface area contributed by atoms with Gasteiger partial charge in [0.25, 0.3) is 10.0 Å². The monoisotopic (exact) mass is 423 g/mol. The van der Waals surface area contributed by atoms with Crippen LogP contribution in [0.25, 0.3) is 10.2 Å². The minimum Gasteiger partial charge on any atom is -0.302 e. The van der Waals surface area contributed by atoms with Gasteiger partial charge in [0.2, 0.25) is 5.91 Å². The van der Waals surface area contributed by atoms with Crippen LogP contribution in [0.3, 0.4) is 0 Å². The number of rotatable bonds is 5. The highest BCUT2D eigenvalue weighted by molar-refractivity contribution is 7.92. The number of halogens is 1. The van der Waals surface area contributed by atoms with Gasteiger partial charge in [-0.3, -0.25) is 9.52 Å². The smallest absolute Gasteiger partial charge is 0.262 e. The van der Waals surface area contributed by atoms with E-state index >= 15 is 0 Å². The predicted molar refractivity (Wildman–Crippen MR) is 110 cm³/mol. The molecule has 0 unspecified atom stereocenters. The van der Waals surface area contributed by atoms with Gasteiger partial charge < -0.3 is 5.32 Å². The molecule has 0 spiro atoms. The Bertz CT molecular complexity index is 1120. The number of thiazole rings is 1. The standard InChI is InChI=1S/C18H18ClN3O3S2/c1-10(2)17(23)21-18-20-14-9-12(7-8-15(14)26-18)22-27(24,25)16-6-4-5-13(19)11(16)3/h4-10,22H,1-3H3,(H,20,21,23). The Hall–Kier alpha value is -2.16. The number of anilines is 2. The summed E-state index contributed by atoms with van der Waals surface area (Å²) in [4.78, 5) is 16.3. The van der Waals surface area contributed by atoms with Gasteiger partial charge in [0.1, 0.15) is 0 Å². The second-order valence-electron chi connectivity index (χ2n) is 6.31. The molecule has 0 atom stereocenters. The molecule has 0 aliphatic rings. The molecule has 3 rings (SSSR count). The van der Waals surface area contributed by atoms with Crippen molar-refractivity contribution in [3.8, 4) is 0 Å². The molecule has 1 heterocycles. The summed E-state index contributed by atoms with van der Waals surface area (Å²) in [5, 5.41) is 3.62. The molecule has 0 aliphatic carbocycles. The molecule has 27 heavy (non-hydrogen) atoms. The summed E-state index contributed by atoms with van der Waals surface area (Å²) in [6.07, 6.45) is 0. The Labute approximate surface area is 166 Å². The Kier molecular flexibility index (Phi) is 5.41. The van der Waals surface area contributed by atoms with Gasteiger partial charge in [-0.05, 0) is 42.8 Å². The highest BCUT2D eigenvalue weighted by atomic mass is 35.5. The predicted octanol–water partition coefficient (Wildman–Crippen LogP) is 4.65. The number of carbonyl (C=O) groups is 1. The molecular weight excluding hydrogens is 406 g/mol. The van der Waals surface area contributed by atoms with E-state index in [1.165, 1.54) is 17.4 Å². The largest absolute Gasteiger partial charge is 0.302 e. The van der Waals surface area contributed by atoms with Crippen LogP contribution in [-0.4, -0.2) is 19.3 Å². The Morgan fingerprint density at radius 3 is 2.67 bits per heavy atom. The van der Waals surface area contributed by atoms with Crippen LogP contribution in [0.5, 0.6) is 0 Å². The van der Waals surface area contributed by atoms with E-state index in [4.69, 9.17) is 11.6 Å². The van der Waals surface area contributed by atoms with Gasteiger partial charge in [0.15, 0.2) is 5.13 Å². The van der Waals surface area contributed by atoms with Crippen molar-refractivity contribution in [2.45, 2.75) is 25.7 Å². The maximum absolute atomic E-state index is 12.7.